The molecular formula is C17H21NO2. The van der Waals surface area contributed by atoms with E-state index in [2.05, 4.69) is 0 Å². The smallest absolute Gasteiger partial charge is 0.233 e. The van der Waals surface area contributed by atoms with Crippen molar-refractivity contribution in [2.45, 2.75) is 51.0 Å². The van der Waals surface area contributed by atoms with Gasteiger partial charge in [0.25, 0.3) is 0 Å². The van der Waals surface area contributed by atoms with Crippen molar-refractivity contribution in [1.29, 1.82) is 0 Å². The predicted octanol–water partition coefficient (Wildman–Crippen LogP) is 2.94. The number of hydrogen-bond donors (Lipinski definition) is 0. The molecule has 1 aliphatic carbocycles. The van der Waals surface area contributed by atoms with Crippen LogP contribution in [0, 0.1) is 5.92 Å². The maximum atomic E-state index is 12.5. The van der Waals surface area contributed by atoms with E-state index in [4.69, 9.17) is 0 Å². The molecule has 3 nitrogen and oxygen atoms in total. The molecule has 1 saturated carbocycles. The van der Waals surface area contributed by atoms with Crippen LogP contribution in [0.5, 0.6) is 0 Å². The minimum absolute atomic E-state index is 0.0443. The Morgan fingerprint density at radius 2 is 1.70 bits per heavy atom. The topological polar surface area (TPSA) is 37.4 Å². The van der Waals surface area contributed by atoms with Crippen molar-refractivity contribution in [2.75, 3.05) is 0 Å². The van der Waals surface area contributed by atoms with Crippen molar-refractivity contribution in [1.82, 2.24) is 4.90 Å². The first kappa shape index (κ1) is 13.3. The highest BCUT2D eigenvalue weighted by molar-refractivity contribution is 6.04. The lowest BCUT2D eigenvalue weighted by atomic mass is 9.94. The third kappa shape index (κ3) is 2.62. The van der Waals surface area contributed by atoms with Gasteiger partial charge in [0.05, 0.1) is 5.92 Å². The normalized spacial score (nSPS) is 24.4. The third-order valence-corrected chi connectivity index (χ3v) is 4.54. The van der Waals surface area contributed by atoms with Crippen molar-refractivity contribution < 1.29 is 9.59 Å². The Kier molecular flexibility index (Phi) is 3.86. The molecule has 20 heavy (non-hydrogen) atoms. The van der Waals surface area contributed by atoms with E-state index in [0.717, 1.165) is 31.2 Å². The minimum atomic E-state index is -0.146. The highest BCUT2D eigenvalue weighted by Crippen LogP contribution is 2.31. The van der Waals surface area contributed by atoms with Crippen molar-refractivity contribution >= 4 is 11.8 Å². The molecule has 0 N–H and O–H groups in total. The number of rotatable bonds is 3. The van der Waals surface area contributed by atoms with E-state index >= 15 is 0 Å². The molecule has 0 aromatic heterocycles. The lowest BCUT2D eigenvalue weighted by Gasteiger charge is -2.29. The Bertz CT molecular complexity index is 491. The molecule has 1 heterocycles. The molecular weight excluding hydrogens is 250 g/mol. The van der Waals surface area contributed by atoms with Crippen LogP contribution in [-0.2, 0) is 16.0 Å². The largest absolute Gasteiger partial charge is 0.279 e. The number of carbonyl (C=O) groups excluding carboxylic acids is 2. The Balaban J connectivity index is 1.70. The van der Waals surface area contributed by atoms with E-state index in [1.165, 1.54) is 6.42 Å². The SMILES string of the molecule is O=C1C[C@H](Cc2ccccc2)C(=O)N1C1CCCCC1. The highest BCUT2D eigenvalue weighted by atomic mass is 16.2. The summed E-state index contributed by atoms with van der Waals surface area (Å²) in [6.07, 6.45) is 6.60. The molecule has 106 valence electrons. The van der Waals surface area contributed by atoms with Crippen LogP contribution in [0.25, 0.3) is 0 Å². The van der Waals surface area contributed by atoms with E-state index in [1.54, 1.807) is 4.90 Å². The maximum absolute atomic E-state index is 12.5. The minimum Gasteiger partial charge on any atom is -0.279 e. The van der Waals surface area contributed by atoms with Crippen LogP contribution in [0.4, 0.5) is 0 Å². The summed E-state index contributed by atoms with van der Waals surface area (Å²) in [5.74, 6) is -0.0413. The van der Waals surface area contributed by atoms with Gasteiger partial charge in [-0.25, -0.2) is 0 Å². The average molecular weight is 271 g/mol. The van der Waals surface area contributed by atoms with E-state index in [0.29, 0.717) is 12.8 Å². The number of imide groups is 1. The fourth-order valence-electron chi connectivity index (χ4n) is 3.50. The van der Waals surface area contributed by atoms with Gasteiger partial charge in [-0.3, -0.25) is 14.5 Å². The van der Waals surface area contributed by atoms with Crippen molar-refractivity contribution in [3.63, 3.8) is 0 Å². The molecule has 0 radical (unpaired) electrons. The molecule has 0 bridgehead atoms. The average Bonchev–Trinajstić information content (AvgIpc) is 2.75. The van der Waals surface area contributed by atoms with Crippen molar-refractivity contribution in [3.8, 4) is 0 Å². The predicted molar refractivity (Wildman–Crippen MR) is 77.0 cm³/mol. The summed E-state index contributed by atoms with van der Waals surface area (Å²) in [4.78, 5) is 26.3. The molecule has 1 aliphatic heterocycles. The number of hydrogen-bond acceptors (Lipinski definition) is 2. The standard InChI is InChI=1S/C17H21NO2/c19-16-12-14(11-13-7-3-1-4-8-13)17(20)18(16)15-9-5-2-6-10-15/h1,3-4,7-8,14-15H,2,5-6,9-12H2/t14-/m0/s1. The second-order valence-corrected chi connectivity index (χ2v) is 5.98. The number of amides is 2. The summed E-state index contributed by atoms with van der Waals surface area (Å²) in [7, 11) is 0. The molecule has 0 spiro atoms. The molecule has 1 aromatic carbocycles. The van der Waals surface area contributed by atoms with Gasteiger partial charge in [-0.05, 0) is 24.8 Å². The van der Waals surface area contributed by atoms with E-state index < -0.39 is 0 Å². The lowest BCUT2D eigenvalue weighted by Crippen LogP contribution is -2.41. The molecule has 2 fully saturated rings. The summed E-state index contributed by atoms with van der Waals surface area (Å²) in [5.41, 5.74) is 1.14. The van der Waals surface area contributed by atoms with Gasteiger partial charge in [0.15, 0.2) is 0 Å². The Labute approximate surface area is 120 Å². The van der Waals surface area contributed by atoms with Crippen molar-refractivity contribution in [2.24, 2.45) is 5.92 Å². The second kappa shape index (κ2) is 5.78. The number of carbonyl (C=O) groups is 2. The van der Waals surface area contributed by atoms with Gasteiger partial charge in [0.2, 0.25) is 11.8 Å². The van der Waals surface area contributed by atoms with Crippen LogP contribution in [0.15, 0.2) is 30.3 Å². The monoisotopic (exact) mass is 271 g/mol. The third-order valence-electron chi connectivity index (χ3n) is 4.54. The molecule has 3 rings (SSSR count). The quantitative estimate of drug-likeness (QED) is 0.793. The van der Waals surface area contributed by atoms with Gasteiger partial charge < -0.3 is 0 Å². The number of nitrogens with zero attached hydrogens (tertiary/aromatic N) is 1. The Hall–Kier alpha value is -1.64. The second-order valence-electron chi connectivity index (χ2n) is 5.98. The molecule has 0 unspecified atom stereocenters. The van der Waals surface area contributed by atoms with Crippen LogP contribution in [0.3, 0.4) is 0 Å². The van der Waals surface area contributed by atoms with Gasteiger partial charge in [0, 0.05) is 12.5 Å². The molecule has 2 amide bonds. The summed E-state index contributed by atoms with van der Waals surface area (Å²) in [6.45, 7) is 0. The summed E-state index contributed by atoms with van der Waals surface area (Å²) < 4.78 is 0. The van der Waals surface area contributed by atoms with Crippen LogP contribution >= 0.6 is 0 Å². The van der Waals surface area contributed by atoms with Crippen molar-refractivity contribution in [3.05, 3.63) is 35.9 Å². The first-order chi connectivity index (χ1) is 9.75. The lowest BCUT2D eigenvalue weighted by molar-refractivity contribution is -0.142. The van der Waals surface area contributed by atoms with E-state index in [9.17, 15) is 9.59 Å². The van der Waals surface area contributed by atoms with Gasteiger partial charge in [-0.15, -0.1) is 0 Å². The van der Waals surface area contributed by atoms with Gasteiger partial charge in [-0.1, -0.05) is 49.6 Å². The van der Waals surface area contributed by atoms with Crippen LogP contribution in [0.2, 0.25) is 0 Å². The summed E-state index contributed by atoms with van der Waals surface area (Å²) in [6, 6.07) is 10.2. The fraction of sp³-hybridized carbons (Fsp3) is 0.529. The molecule has 3 heteroatoms. The molecule has 1 atom stereocenters. The molecule has 1 aromatic rings. The first-order valence-electron chi connectivity index (χ1n) is 7.65. The molecule has 2 aliphatic rings. The van der Waals surface area contributed by atoms with Gasteiger partial charge >= 0.3 is 0 Å². The Morgan fingerprint density at radius 3 is 2.40 bits per heavy atom. The summed E-state index contributed by atoms with van der Waals surface area (Å²) >= 11 is 0. The van der Waals surface area contributed by atoms with Gasteiger partial charge in [-0.2, -0.15) is 0 Å². The first-order valence-corrected chi connectivity index (χ1v) is 7.65. The summed E-state index contributed by atoms with van der Waals surface area (Å²) in [5, 5.41) is 0. The zero-order valence-corrected chi connectivity index (χ0v) is 11.8. The fourth-order valence-corrected chi connectivity index (χ4v) is 3.50. The van der Waals surface area contributed by atoms with E-state index in [1.807, 2.05) is 30.3 Å². The van der Waals surface area contributed by atoms with Crippen LogP contribution in [0.1, 0.15) is 44.1 Å². The highest BCUT2D eigenvalue weighted by Gasteiger charge is 2.42. The van der Waals surface area contributed by atoms with Gasteiger partial charge in [0.1, 0.15) is 0 Å². The zero-order valence-electron chi connectivity index (χ0n) is 11.8. The zero-order chi connectivity index (χ0) is 13.9. The number of likely N-dealkylation sites (tertiary alicyclic amines) is 1. The maximum Gasteiger partial charge on any atom is 0.233 e. The van der Waals surface area contributed by atoms with Crippen LogP contribution in [-0.4, -0.2) is 22.8 Å². The van der Waals surface area contributed by atoms with E-state index in [-0.39, 0.29) is 23.8 Å². The molecule has 1 saturated heterocycles. The number of benzene rings is 1. The Morgan fingerprint density at radius 1 is 1.00 bits per heavy atom. The van der Waals surface area contributed by atoms with Crippen LogP contribution < -0.4 is 0 Å².